The van der Waals surface area contributed by atoms with Crippen molar-refractivity contribution in [3.63, 3.8) is 0 Å². The number of hydrogen-bond acceptors (Lipinski definition) is 4. The van der Waals surface area contributed by atoms with Gasteiger partial charge in [-0.2, -0.15) is 0 Å². The van der Waals surface area contributed by atoms with Gasteiger partial charge in [0.05, 0.1) is 19.8 Å². The fourth-order valence-corrected chi connectivity index (χ4v) is 2.48. The summed E-state index contributed by atoms with van der Waals surface area (Å²) in [6, 6.07) is 5.49. The number of carbonyl (C=O) groups excluding carboxylic acids is 1. The standard InChI is InChI=1S/C15H20FNO3/c1-3-13-10-17(8-9-20-13)14(15(18)19-2)11-4-6-12(16)7-5-11/h4-7,13-14H,3,8-10H2,1-2H3/t13-,14-/m0/s1. The number of esters is 1. The van der Waals surface area contributed by atoms with Crippen molar-refractivity contribution in [2.45, 2.75) is 25.5 Å². The van der Waals surface area contributed by atoms with E-state index in [1.54, 1.807) is 12.1 Å². The maximum absolute atomic E-state index is 13.0. The summed E-state index contributed by atoms with van der Waals surface area (Å²) in [7, 11) is 1.37. The molecule has 2 atom stereocenters. The Bertz CT molecular complexity index is 449. The summed E-state index contributed by atoms with van der Waals surface area (Å²) >= 11 is 0. The summed E-state index contributed by atoms with van der Waals surface area (Å²) < 4.78 is 23.6. The quantitative estimate of drug-likeness (QED) is 0.793. The molecule has 0 spiro atoms. The average Bonchev–Trinajstić information content (AvgIpc) is 2.49. The third-order valence-electron chi connectivity index (χ3n) is 3.60. The molecular weight excluding hydrogens is 261 g/mol. The van der Waals surface area contributed by atoms with Crippen LogP contribution in [-0.4, -0.2) is 43.8 Å². The molecule has 0 radical (unpaired) electrons. The van der Waals surface area contributed by atoms with Crippen molar-refractivity contribution in [3.8, 4) is 0 Å². The molecule has 0 bridgehead atoms. The molecular formula is C15H20FNO3. The van der Waals surface area contributed by atoms with Crippen LogP contribution < -0.4 is 0 Å². The molecule has 0 unspecified atom stereocenters. The minimum Gasteiger partial charge on any atom is -0.468 e. The number of ether oxygens (including phenoxy) is 2. The van der Waals surface area contributed by atoms with Crippen molar-refractivity contribution in [1.82, 2.24) is 4.90 Å². The van der Waals surface area contributed by atoms with E-state index < -0.39 is 6.04 Å². The highest BCUT2D eigenvalue weighted by atomic mass is 19.1. The summed E-state index contributed by atoms with van der Waals surface area (Å²) in [5, 5.41) is 0. The first kappa shape index (κ1) is 14.9. The predicted molar refractivity (Wildman–Crippen MR) is 72.8 cm³/mol. The summed E-state index contributed by atoms with van der Waals surface area (Å²) in [6.07, 6.45) is 1.02. The van der Waals surface area contributed by atoms with Gasteiger partial charge in [0.1, 0.15) is 11.9 Å². The van der Waals surface area contributed by atoms with E-state index >= 15 is 0 Å². The van der Waals surface area contributed by atoms with E-state index in [-0.39, 0.29) is 17.9 Å². The molecule has 110 valence electrons. The SMILES string of the molecule is CC[C@H]1CN([C@H](C(=O)OC)c2ccc(F)cc2)CCO1. The van der Waals surface area contributed by atoms with Gasteiger partial charge in [-0.3, -0.25) is 4.90 Å². The first-order chi connectivity index (χ1) is 9.65. The Balaban J connectivity index is 2.23. The van der Waals surface area contributed by atoms with Crippen molar-refractivity contribution in [2.24, 2.45) is 0 Å². The van der Waals surface area contributed by atoms with Crippen LogP contribution in [0.4, 0.5) is 4.39 Å². The lowest BCUT2D eigenvalue weighted by Crippen LogP contribution is -2.46. The molecule has 1 heterocycles. The highest BCUT2D eigenvalue weighted by molar-refractivity contribution is 5.77. The van der Waals surface area contributed by atoms with Crippen LogP contribution in [0, 0.1) is 5.82 Å². The van der Waals surface area contributed by atoms with Crippen LogP contribution >= 0.6 is 0 Å². The summed E-state index contributed by atoms with van der Waals surface area (Å²) in [6.45, 7) is 3.98. The van der Waals surface area contributed by atoms with Crippen LogP contribution in [0.25, 0.3) is 0 Å². The highest BCUT2D eigenvalue weighted by Crippen LogP contribution is 2.25. The van der Waals surface area contributed by atoms with E-state index in [9.17, 15) is 9.18 Å². The van der Waals surface area contributed by atoms with Crippen LogP contribution in [0.5, 0.6) is 0 Å². The van der Waals surface area contributed by atoms with Crippen molar-refractivity contribution >= 4 is 5.97 Å². The zero-order valence-electron chi connectivity index (χ0n) is 11.8. The number of carbonyl (C=O) groups is 1. The Morgan fingerprint density at radius 3 is 2.80 bits per heavy atom. The summed E-state index contributed by atoms with van der Waals surface area (Å²) in [4.78, 5) is 14.1. The Hall–Kier alpha value is -1.46. The largest absolute Gasteiger partial charge is 0.468 e. The van der Waals surface area contributed by atoms with Gasteiger partial charge in [-0.1, -0.05) is 19.1 Å². The molecule has 5 heteroatoms. The Kier molecular flexibility index (Phi) is 5.09. The summed E-state index contributed by atoms with van der Waals surface area (Å²) in [5.41, 5.74) is 0.745. The molecule has 0 N–H and O–H groups in total. The number of halogens is 1. The van der Waals surface area contributed by atoms with Gasteiger partial charge in [0.25, 0.3) is 0 Å². The van der Waals surface area contributed by atoms with E-state index in [1.807, 2.05) is 4.90 Å². The van der Waals surface area contributed by atoms with Gasteiger partial charge in [-0.15, -0.1) is 0 Å². The molecule has 1 saturated heterocycles. The van der Waals surface area contributed by atoms with Gasteiger partial charge in [-0.25, -0.2) is 9.18 Å². The number of hydrogen-bond donors (Lipinski definition) is 0. The lowest BCUT2D eigenvalue weighted by Gasteiger charge is -2.36. The van der Waals surface area contributed by atoms with Gasteiger partial charge in [0.2, 0.25) is 0 Å². The van der Waals surface area contributed by atoms with E-state index in [4.69, 9.17) is 9.47 Å². The van der Waals surface area contributed by atoms with Gasteiger partial charge in [0, 0.05) is 13.1 Å². The van der Waals surface area contributed by atoms with E-state index in [1.165, 1.54) is 19.2 Å². The topological polar surface area (TPSA) is 38.8 Å². The molecule has 2 rings (SSSR count). The monoisotopic (exact) mass is 281 g/mol. The van der Waals surface area contributed by atoms with Crippen LogP contribution in [0.15, 0.2) is 24.3 Å². The summed E-state index contributed by atoms with van der Waals surface area (Å²) in [5.74, 6) is -0.640. The molecule has 0 aromatic heterocycles. The minimum atomic E-state index is -0.501. The number of benzene rings is 1. The maximum atomic E-state index is 13.0. The van der Waals surface area contributed by atoms with Crippen molar-refractivity contribution in [3.05, 3.63) is 35.6 Å². The molecule has 1 aromatic rings. The second kappa shape index (κ2) is 6.81. The third kappa shape index (κ3) is 3.35. The first-order valence-corrected chi connectivity index (χ1v) is 6.84. The molecule has 0 amide bonds. The van der Waals surface area contributed by atoms with E-state index in [0.29, 0.717) is 19.7 Å². The molecule has 4 nitrogen and oxygen atoms in total. The van der Waals surface area contributed by atoms with E-state index in [2.05, 4.69) is 6.92 Å². The molecule has 1 aromatic carbocycles. The minimum absolute atomic E-state index is 0.122. The van der Waals surface area contributed by atoms with Crippen LogP contribution in [0.2, 0.25) is 0 Å². The Morgan fingerprint density at radius 2 is 2.20 bits per heavy atom. The Morgan fingerprint density at radius 1 is 1.50 bits per heavy atom. The lowest BCUT2D eigenvalue weighted by atomic mass is 10.0. The zero-order chi connectivity index (χ0) is 14.5. The molecule has 1 fully saturated rings. The molecule has 1 aliphatic rings. The molecule has 20 heavy (non-hydrogen) atoms. The molecule has 0 saturated carbocycles. The number of methoxy groups -OCH3 is 1. The average molecular weight is 281 g/mol. The lowest BCUT2D eigenvalue weighted by molar-refractivity contribution is -0.150. The number of morpholine rings is 1. The van der Waals surface area contributed by atoms with Crippen molar-refractivity contribution in [1.29, 1.82) is 0 Å². The van der Waals surface area contributed by atoms with E-state index in [0.717, 1.165) is 12.0 Å². The van der Waals surface area contributed by atoms with Gasteiger partial charge in [-0.05, 0) is 24.1 Å². The molecule has 1 aliphatic heterocycles. The smallest absolute Gasteiger partial charge is 0.327 e. The highest BCUT2D eigenvalue weighted by Gasteiger charge is 2.32. The zero-order valence-corrected chi connectivity index (χ0v) is 11.8. The predicted octanol–water partition coefficient (Wildman–Crippen LogP) is 2.15. The van der Waals surface area contributed by atoms with Gasteiger partial charge < -0.3 is 9.47 Å². The maximum Gasteiger partial charge on any atom is 0.327 e. The van der Waals surface area contributed by atoms with Crippen molar-refractivity contribution in [2.75, 3.05) is 26.8 Å². The second-order valence-electron chi connectivity index (χ2n) is 4.87. The Labute approximate surface area is 118 Å². The van der Waals surface area contributed by atoms with Gasteiger partial charge in [0.15, 0.2) is 0 Å². The number of nitrogens with zero attached hydrogens (tertiary/aromatic N) is 1. The fraction of sp³-hybridized carbons (Fsp3) is 0.533. The van der Waals surface area contributed by atoms with Crippen LogP contribution in [-0.2, 0) is 14.3 Å². The molecule has 0 aliphatic carbocycles. The first-order valence-electron chi connectivity index (χ1n) is 6.84. The van der Waals surface area contributed by atoms with Crippen molar-refractivity contribution < 1.29 is 18.7 Å². The normalized spacial score (nSPS) is 21.4. The number of rotatable bonds is 4. The third-order valence-corrected chi connectivity index (χ3v) is 3.60. The van der Waals surface area contributed by atoms with Crippen LogP contribution in [0.3, 0.4) is 0 Å². The fourth-order valence-electron chi connectivity index (χ4n) is 2.48. The van der Waals surface area contributed by atoms with Gasteiger partial charge >= 0.3 is 5.97 Å². The van der Waals surface area contributed by atoms with Crippen LogP contribution in [0.1, 0.15) is 24.9 Å². The second-order valence-corrected chi connectivity index (χ2v) is 4.87.